The van der Waals surface area contributed by atoms with Crippen LogP contribution in [0, 0.1) is 6.92 Å². The third kappa shape index (κ3) is 4.83. The maximum Gasteiger partial charge on any atom is 0.274 e. The van der Waals surface area contributed by atoms with E-state index in [1.54, 1.807) is 10.3 Å². The number of halogens is 1. The highest BCUT2D eigenvalue weighted by molar-refractivity contribution is 7.14. The van der Waals surface area contributed by atoms with Crippen molar-refractivity contribution in [3.63, 3.8) is 0 Å². The van der Waals surface area contributed by atoms with E-state index in [2.05, 4.69) is 15.6 Å². The van der Waals surface area contributed by atoms with Gasteiger partial charge in [0, 0.05) is 29.2 Å². The molecule has 1 aliphatic rings. The molecule has 3 rings (SSSR count). The zero-order valence-corrected chi connectivity index (χ0v) is 17.7. The zero-order valence-electron chi connectivity index (χ0n) is 16.1. The number of benzene rings is 1. The van der Waals surface area contributed by atoms with Crippen molar-refractivity contribution in [2.24, 2.45) is 0 Å². The number of aromatic nitrogens is 1. The third-order valence-electron chi connectivity index (χ3n) is 4.78. The van der Waals surface area contributed by atoms with E-state index < -0.39 is 6.04 Å². The van der Waals surface area contributed by atoms with E-state index >= 15 is 0 Å². The van der Waals surface area contributed by atoms with E-state index in [4.69, 9.17) is 11.6 Å². The van der Waals surface area contributed by atoms with Gasteiger partial charge < -0.3 is 15.5 Å². The van der Waals surface area contributed by atoms with Crippen molar-refractivity contribution in [1.29, 1.82) is 0 Å². The second-order valence-corrected chi connectivity index (χ2v) is 8.22. The minimum atomic E-state index is -0.416. The van der Waals surface area contributed by atoms with Crippen LogP contribution in [0.4, 0.5) is 10.8 Å². The highest BCUT2D eigenvalue weighted by atomic mass is 35.5. The van der Waals surface area contributed by atoms with Gasteiger partial charge in [0.2, 0.25) is 5.91 Å². The summed E-state index contributed by atoms with van der Waals surface area (Å²) < 4.78 is 0. The Morgan fingerprint density at radius 3 is 2.96 bits per heavy atom. The smallest absolute Gasteiger partial charge is 0.274 e. The first kappa shape index (κ1) is 20.6. The summed E-state index contributed by atoms with van der Waals surface area (Å²) in [6, 6.07) is 5.18. The highest BCUT2D eigenvalue weighted by Gasteiger charge is 2.33. The molecule has 6 nitrogen and oxygen atoms in total. The molecule has 2 heterocycles. The van der Waals surface area contributed by atoms with Crippen LogP contribution in [0.15, 0.2) is 23.6 Å². The fraction of sp³-hybridized carbons (Fsp3) is 0.450. The van der Waals surface area contributed by atoms with Crippen molar-refractivity contribution in [3.8, 4) is 0 Å². The summed E-state index contributed by atoms with van der Waals surface area (Å²) in [5.41, 5.74) is 2.26. The largest absolute Gasteiger partial charge is 0.354 e. The SMILES string of the molecule is CCCNC(=O)[C@H]1CCCCN1C(=O)c1csc(Nc2cc(Cl)ccc2C)n1. The molecule has 0 radical (unpaired) electrons. The standard InChI is InChI=1S/C20H25ClN4O2S/c1-3-9-22-18(26)17-6-4-5-10-25(17)19(27)16-12-28-20(24-16)23-15-11-14(21)8-7-13(15)2/h7-8,11-12,17H,3-6,9-10H2,1-2H3,(H,22,26)(H,23,24)/t17-/m1/s1. The summed E-state index contributed by atoms with van der Waals surface area (Å²) in [6.45, 7) is 5.19. The van der Waals surface area contributed by atoms with Crippen molar-refractivity contribution >= 4 is 45.6 Å². The summed E-state index contributed by atoms with van der Waals surface area (Å²) in [7, 11) is 0. The molecule has 1 saturated heterocycles. The second kappa shape index (κ2) is 9.39. The van der Waals surface area contributed by atoms with Crippen LogP contribution in [0.3, 0.4) is 0 Å². The summed E-state index contributed by atoms with van der Waals surface area (Å²) >= 11 is 7.43. The second-order valence-electron chi connectivity index (χ2n) is 6.92. The van der Waals surface area contributed by atoms with Crippen molar-refractivity contribution in [2.45, 2.75) is 45.6 Å². The van der Waals surface area contributed by atoms with Gasteiger partial charge in [0.25, 0.3) is 5.91 Å². The minimum Gasteiger partial charge on any atom is -0.354 e. The first-order chi connectivity index (χ1) is 13.5. The van der Waals surface area contributed by atoms with Crippen molar-refractivity contribution in [3.05, 3.63) is 39.9 Å². The molecule has 0 spiro atoms. The molecule has 1 atom stereocenters. The van der Waals surface area contributed by atoms with E-state index in [9.17, 15) is 9.59 Å². The normalized spacial score (nSPS) is 16.7. The van der Waals surface area contributed by atoms with Crippen LogP contribution in [0.25, 0.3) is 0 Å². The number of nitrogens with zero attached hydrogens (tertiary/aromatic N) is 2. The number of amides is 2. The first-order valence-corrected chi connectivity index (χ1v) is 10.8. The number of likely N-dealkylation sites (tertiary alicyclic amines) is 1. The lowest BCUT2D eigenvalue weighted by Gasteiger charge is -2.34. The van der Waals surface area contributed by atoms with E-state index in [1.807, 2.05) is 32.0 Å². The molecule has 0 saturated carbocycles. The summed E-state index contributed by atoms with van der Waals surface area (Å²) in [5.74, 6) is -0.263. The highest BCUT2D eigenvalue weighted by Crippen LogP contribution is 2.27. The van der Waals surface area contributed by atoms with Gasteiger partial charge in [-0.15, -0.1) is 11.3 Å². The lowest BCUT2D eigenvalue weighted by atomic mass is 10.0. The van der Waals surface area contributed by atoms with Crippen molar-refractivity contribution < 1.29 is 9.59 Å². The van der Waals surface area contributed by atoms with Gasteiger partial charge in [-0.1, -0.05) is 24.6 Å². The van der Waals surface area contributed by atoms with Crippen LogP contribution in [0.1, 0.15) is 48.7 Å². The molecule has 2 amide bonds. The van der Waals surface area contributed by atoms with Crippen molar-refractivity contribution in [2.75, 3.05) is 18.4 Å². The predicted molar refractivity (Wildman–Crippen MR) is 114 cm³/mol. The Kier molecular flexibility index (Phi) is 6.91. The Balaban J connectivity index is 1.73. The molecule has 2 aromatic rings. The molecule has 1 aromatic carbocycles. The van der Waals surface area contributed by atoms with Gasteiger partial charge in [-0.25, -0.2) is 4.98 Å². The molecular weight excluding hydrogens is 396 g/mol. The van der Waals surface area contributed by atoms with Gasteiger partial charge in [0.1, 0.15) is 11.7 Å². The molecule has 150 valence electrons. The topological polar surface area (TPSA) is 74.3 Å². The van der Waals surface area contributed by atoms with Crippen LogP contribution in [0.2, 0.25) is 5.02 Å². The number of piperidine rings is 1. The lowest BCUT2D eigenvalue weighted by molar-refractivity contribution is -0.126. The van der Waals surface area contributed by atoms with E-state index in [1.165, 1.54) is 11.3 Å². The molecule has 1 aromatic heterocycles. The Labute approximate surface area is 174 Å². The van der Waals surface area contributed by atoms with E-state index in [0.29, 0.717) is 35.4 Å². The van der Waals surface area contributed by atoms with Gasteiger partial charge in [0.15, 0.2) is 5.13 Å². The third-order valence-corrected chi connectivity index (χ3v) is 5.77. The van der Waals surface area contributed by atoms with Gasteiger partial charge in [-0.05, 0) is 50.3 Å². The predicted octanol–water partition coefficient (Wildman–Crippen LogP) is 4.37. The number of carbonyl (C=O) groups is 2. The van der Waals surface area contributed by atoms with Crippen LogP contribution in [-0.2, 0) is 4.79 Å². The van der Waals surface area contributed by atoms with E-state index in [-0.39, 0.29) is 11.8 Å². The average molecular weight is 421 g/mol. The van der Waals surface area contributed by atoms with Crippen molar-refractivity contribution in [1.82, 2.24) is 15.2 Å². The summed E-state index contributed by atoms with van der Waals surface area (Å²) in [5, 5.41) is 9.13. The fourth-order valence-electron chi connectivity index (χ4n) is 3.23. The number of thiazole rings is 1. The maximum absolute atomic E-state index is 13.0. The molecule has 28 heavy (non-hydrogen) atoms. The molecule has 1 fully saturated rings. The molecule has 0 unspecified atom stereocenters. The monoisotopic (exact) mass is 420 g/mol. The number of hydrogen-bond donors (Lipinski definition) is 2. The average Bonchev–Trinajstić information content (AvgIpc) is 3.17. The maximum atomic E-state index is 13.0. The van der Waals surface area contributed by atoms with Crippen LogP contribution < -0.4 is 10.6 Å². The number of anilines is 2. The fourth-order valence-corrected chi connectivity index (χ4v) is 4.10. The first-order valence-electron chi connectivity index (χ1n) is 9.57. The molecule has 1 aliphatic heterocycles. The quantitative estimate of drug-likeness (QED) is 0.727. The van der Waals surface area contributed by atoms with Gasteiger partial charge in [-0.2, -0.15) is 0 Å². The van der Waals surface area contributed by atoms with Gasteiger partial charge in [0.05, 0.1) is 0 Å². The zero-order chi connectivity index (χ0) is 20.1. The van der Waals surface area contributed by atoms with Crippen LogP contribution in [0.5, 0.6) is 0 Å². The molecule has 2 N–H and O–H groups in total. The number of carbonyl (C=O) groups excluding carboxylic acids is 2. The number of aryl methyl sites for hydroxylation is 1. The van der Waals surface area contributed by atoms with Gasteiger partial charge >= 0.3 is 0 Å². The Bertz CT molecular complexity index is 854. The summed E-state index contributed by atoms with van der Waals surface area (Å²) in [6.07, 6.45) is 3.42. The van der Waals surface area contributed by atoms with Crippen LogP contribution in [-0.4, -0.2) is 40.8 Å². The molecule has 8 heteroatoms. The molecule has 0 aliphatic carbocycles. The number of hydrogen-bond acceptors (Lipinski definition) is 5. The van der Waals surface area contributed by atoms with Crippen LogP contribution >= 0.6 is 22.9 Å². The number of rotatable bonds is 6. The van der Waals surface area contributed by atoms with E-state index in [0.717, 1.165) is 30.5 Å². The number of nitrogens with one attached hydrogen (secondary N) is 2. The Hall–Kier alpha value is -2.12. The molecule has 0 bridgehead atoms. The Morgan fingerprint density at radius 2 is 2.18 bits per heavy atom. The lowest BCUT2D eigenvalue weighted by Crippen LogP contribution is -2.52. The van der Waals surface area contributed by atoms with Gasteiger partial charge in [-0.3, -0.25) is 9.59 Å². The minimum absolute atomic E-state index is 0.0713. The summed E-state index contributed by atoms with van der Waals surface area (Å²) in [4.78, 5) is 31.6. The Morgan fingerprint density at radius 1 is 1.36 bits per heavy atom. The molecular formula is C20H25ClN4O2S.